The molecule has 2 aromatic rings. The van der Waals surface area contributed by atoms with E-state index in [1.165, 1.54) is 11.1 Å². The van der Waals surface area contributed by atoms with Crippen molar-refractivity contribution in [3.8, 4) is 0 Å². The Kier molecular flexibility index (Phi) is 5.62. The van der Waals surface area contributed by atoms with Gasteiger partial charge in [-0.1, -0.05) is 29.8 Å². The summed E-state index contributed by atoms with van der Waals surface area (Å²) < 4.78 is 1.86. The van der Waals surface area contributed by atoms with Crippen molar-refractivity contribution in [1.29, 1.82) is 0 Å². The Morgan fingerprint density at radius 2 is 2.15 bits per heavy atom. The smallest absolute Gasteiger partial charge is 0.0521 e. The van der Waals surface area contributed by atoms with Crippen LogP contribution in [0.1, 0.15) is 17.5 Å². The Labute approximate surface area is 126 Å². The number of benzene rings is 1. The number of hydrogen-bond acceptors (Lipinski definition) is 2. The second-order valence-electron chi connectivity index (χ2n) is 5.28. The van der Waals surface area contributed by atoms with Crippen LogP contribution in [-0.2, 0) is 19.9 Å². The Bertz CT molecular complexity index is 536. The SMILES string of the molecule is CNCC(CCc1cnn(C)c1)Cc1ccccc1Cl. The van der Waals surface area contributed by atoms with Gasteiger partial charge in [0.1, 0.15) is 0 Å². The Hall–Kier alpha value is -1.32. The molecule has 108 valence electrons. The molecular weight excluding hydrogens is 270 g/mol. The lowest BCUT2D eigenvalue weighted by molar-refractivity contribution is 0.461. The summed E-state index contributed by atoms with van der Waals surface area (Å²) in [6.45, 7) is 1.01. The van der Waals surface area contributed by atoms with Crippen LogP contribution in [-0.4, -0.2) is 23.4 Å². The monoisotopic (exact) mass is 291 g/mol. The van der Waals surface area contributed by atoms with Gasteiger partial charge in [-0.3, -0.25) is 4.68 Å². The number of halogens is 1. The molecule has 0 amide bonds. The molecule has 0 aliphatic heterocycles. The second kappa shape index (κ2) is 7.46. The number of nitrogens with zero attached hydrogens (tertiary/aromatic N) is 2. The van der Waals surface area contributed by atoms with E-state index in [-0.39, 0.29) is 0 Å². The summed E-state index contributed by atoms with van der Waals surface area (Å²) in [5.74, 6) is 0.583. The summed E-state index contributed by atoms with van der Waals surface area (Å²) in [4.78, 5) is 0. The highest BCUT2D eigenvalue weighted by molar-refractivity contribution is 6.31. The summed E-state index contributed by atoms with van der Waals surface area (Å²) in [6, 6.07) is 8.12. The van der Waals surface area contributed by atoms with Crippen LogP contribution in [0.25, 0.3) is 0 Å². The van der Waals surface area contributed by atoms with Crippen LogP contribution >= 0.6 is 11.6 Å². The van der Waals surface area contributed by atoms with Crippen molar-refractivity contribution < 1.29 is 0 Å². The molecule has 0 fully saturated rings. The molecule has 0 radical (unpaired) electrons. The van der Waals surface area contributed by atoms with E-state index in [1.807, 2.05) is 37.1 Å². The van der Waals surface area contributed by atoms with E-state index in [4.69, 9.17) is 11.6 Å². The first-order chi connectivity index (χ1) is 9.69. The van der Waals surface area contributed by atoms with Gasteiger partial charge in [0.25, 0.3) is 0 Å². The molecule has 3 nitrogen and oxygen atoms in total. The molecule has 2 rings (SSSR count). The third-order valence-electron chi connectivity index (χ3n) is 3.56. The number of nitrogens with one attached hydrogen (secondary N) is 1. The molecule has 1 unspecified atom stereocenters. The summed E-state index contributed by atoms with van der Waals surface area (Å²) in [7, 11) is 3.96. The lowest BCUT2D eigenvalue weighted by Crippen LogP contribution is -2.21. The summed E-state index contributed by atoms with van der Waals surface area (Å²) in [6.07, 6.45) is 7.25. The van der Waals surface area contributed by atoms with Gasteiger partial charge in [0.05, 0.1) is 6.20 Å². The van der Waals surface area contributed by atoms with E-state index < -0.39 is 0 Å². The maximum absolute atomic E-state index is 6.26. The van der Waals surface area contributed by atoms with Crippen molar-refractivity contribution in [1.82, 2.24) is 15.1 Å². The molecule has 1 N–H and O–H groups in total. The van der Waals surface area contributed by atoms with Crippen molar-refractivity contribution in [2.75, 3.05) is 13.6 Å². The standard InChI is InChI=1S/C16H22ClN3/c1-18-10-13(7-8-14-11-19-20(2)12-14)9-15-5-3-4-6-16(15)17/h3-6,11-13,18H,7-10H2,1-2H3. The van der Waals surface area contributed by atoms with Crippen LogP contribution in [0.5, 0.6) is 0 Å². The molecule has 0 saturated carbocycles. The van der Waals surface area contributed by atoms with Crippen molar-refractivity contribution in [2.24, 2.45) is 13.0 Å². The predicted molar refractivity (Wildman–Crippen MR) is 84.1 cm³/mol. The molecular formula is C16H22ClN3. The lowest BCUT2D eigenvalue weighted by atomic mass is 9.93. The van der Waals surface area contributed by atoms with Gasteiger partial charge in [0.2, 0.25) is 0 Å². The first-order valence-electron chi connectivity index (χ1n) is 7.04. The van der Waals surface area contributed by atoms with Gasteiger partial charge < -0.3 is 5.32 Å². The summed E-state index contributed by atoms with van der Waals surface area (Å²) in [5, 5.41) is 8.37. The highest BCUT2D eigenvalue weighted by Gasteiger charge is 2.11. The molecule has 0 bridgehead atoms. The third-order valence-corrected chi connectivity index (χ3v) is 3.93. The Balaban J connectivity index is 1.95. The summed E-state index contributed by atoms with van der Waals surface area (Å²) >= 11 is 6.26. The number of aryl methyl sites for hydroxylation is 2. The maximum Gasteiger partial charge on any atom is 0.0521 e. The van der Waals surface area contributed by atoms with Gasteiger partial charge in [0.15, 0.2) is 0 Å². The fraction of sp³-hybridized carbons (Fsp3) is 0.438. The van der Waals surface area contributed by atoms with E-state index in [2.05, 4.69) is 28.7 Å². The van der Waals surface area contributed by atoms with Gasteiger partial charge in [-0.2, -0.15) is 5.10 Å². The zero-order chi connectivity index (χ0) is 14.4. The van der Waals surface area contributed by atoms with Crippen LogP contribution in [0, 0.1) is 5.92 Å². The van der Waals surface area contributed by atoms with Crippen molar-refractivity contribution in [2.45, 2.75) is 19.3 Å². The van der Waals surface area contributed by atoms with Crippen LogP contribution in [0.2, 0.25) is 5.02 Å². The highest BCUT2D eigenvalue weighted by Crippen LogP contribution is 2.21. The van der Waals surface area contributed by atoms with E-state index in [1.54, 1.807) is 0 Å². The fourth-order valence-electron chi connectivity index (χ4n) is 2.51. The number of rotatable bonds is 7. The molecule has 0 saturated heterocycles. The minimum absolute atomic E-state index is 0.583. The molecule has 1 aromatic carbocycles. The van der Waals surface area contributed by atoms with Gasteiger partial charge in [-0.25, -0.2) is 0 Å². The average Bonchev–Trinajstić information content (AvgIpc) is 2.85. The first kappa shape index (κ1) is 15.1. The van der Waals surface area contributed by atoms with Gasteiger partial charge in [0, 0.05) is 18.3 Å². The van der Waals surface area contributed by atoms with Gasteiger partial charge >= 0.3 is 0 Å². The minimum Gasteiger partial charge on any atom is -0.319 e. The fourth-order valence-corrected chi connectivity index (χ4v) is 2.72. The maximum atomic E-state index is 6.26. The third kappa shape index (κ3) is 4.36. The molecule has 4 heteroatoms. The largest absolute Gasteiger partial charge is 0.319 e. The van der Waals surface area contributed by atoms with E-state index >= 15 is 0 Å². The predicted octanol–water partition coefficient (Wildman–Crippen LogP) is 3.08. The first-order valence-corrected chi connectivity index (χ1v) is 7.42. The second-order valence-corrected chi connectivity index (χ2v) is 5.69. The van der Waals surface area contributed by atoms with E-state index in [0.29, 0.717) is 5.92 Å². The van der Waals surface area contributed by atoms with Crippen LogP contribution < -0.4 is 5.32 Å². The van der Waals surface area contributed by atoms with Crippen molar-refractivity contribution >= 4 is 11.6 Å². The Morgan fingerprint density at radius 3 is 2.80 bits per heavy atom. The molecule has 1 aromatic heterocycles. The van der Waals surface area contributed by atoms with E-state index in [0.717, 1.165) is 30.8 Å². The normalized spacial score (nSPS) is 12.6. The van der Waals surface area contributed by atoms with Gasteiger partial charge in [-0.05, 0) is 56.0 Å². The minimum atomic E-state index is 0.583. The lowest BCUT2D eigenvalue weighted by Gasteiger charge is -2.17. The highest BCUT2D eigenvalue weighted by atomic mass is 35.5. The van der Waals surface area contributed by atoms with Gasteiger partial charge in [-0.15, -0.1) is 0 Å². The molecule has 0 spiro atoms. The zero-order valence-electron chi connectivity index (χ0n) is 12.1. The van der Waals surface area contributed by atoms with Crippen LogP contribution in [0.15, 0.2) is 36.7 Å². The Morgan fingerprint density at radius 1 is 1.35 bits per heavy atom. The van der Waals surface area contributed by atoms with Crippen LogP contribution in [0.4, 0.5) is 0 Å². The molecule has 1 atom stereocenters. The number of hydrogen-bond donors (Lipinski definition) is 1. The van der Waals surface area contributed by atoms with Crippen molar-refractivity contribution in [3.05, 3.63) is 52.8 Å². The molecule has 20 heavy (non-hydrogen) atoms. The molecule has 0 aliphatic carbocycles. The zero-order valence-corrected chi connectivity index (χ0v) is 12.9. The van der Waals surface area contributed by atoms with Crippen LogP contribution in [0.3, 0.4) is 0 Å². The number of aromatic nitrogens is 2. The average molecular weight is 292 g/mol. The van der Waals surface area contributed by atoms with Crippen molar-refractivity contribution in [3.63, 3.8) is 0 Å². The van der Waals surface area contributed by atoms with E-state index in [9.17, 15) is 0 Å². The quantitative estimate of drug-likeness (QED) is 0.849. The molecule has 1 heterocycles. The topological polar surface area (TPSA) is 29.9 Å². The molecule has 0 aliphatic rings. The summed E-state index contributed by atoms with van der Waals surface area (Å²) in [5.41, 5.74) is 2.54.